The zero-order chi connectivity index (χ0) is 20.4. The van der Waals surface area contributed by atoms with E-state index in [2.05, 4.69) is 29.0 Å². The maximum absolute atomic E-state index is 12.9. The topological polar surface area (TPSA) is 57.7 Å². The number of thiophene rings is 1. The molecule has 0 unspecified atom stereocenters. The molecule has 9 heteroatoms. The van der Waals surface area contributed by atoms with Gasteiger partial charge in [-0.05, 0) is 38.1 Å². The number of fused-ring (bicyclic) bond motifs is 1. The van der Waals surface area contributed by atoms with Crippen molar-refractivity contribution in [1.29, 1.82) is 0 Å². The van der Waals surface area contributed by atoms with Crippen LogP contribution in [0.4, 0.5) is 16.5 Å². The third-order valence-electron chi connectivity index (χ3n) is 4.89. The van der Waals surface area contributed by atoms with Crippen molar-refractivity contribution >= 4 is 66.2 Å². The van der Waals surface area contributed by atoms with Crippen molar-refractivity contribution in [2.45, 2.75) is 13.8 Å². The fourth-order valence-corrected chi connectivity index (χ4v) is 5.74. The molecule has 3 aromatic rings. The largest absolute Gasteiger partial charge is 0.378 e. The molecule has 0 atom stereocenters. The molecular weight excluding hydrogens is 428 g/mol. The average molecular weight is 451 g/mol. The lowest BCUT2D eigenvalue weighted by atomic mass is 10.2. The Morgan fingerprint density at radius 1 is 1.24 bits per heavy atom. The highest BCUT2D eigenvalue weighted by molar-refractivity contribution is 7.29. The molecule has 1 N–H and O–H groups in total. The molecule has 0 spiro atoms. The Morgan fingerprint density at radius 2 is 2.00 bits per heavy atom. The summed E-state index contributed by atoms with van der Waals surface area (Å²) >= 11 is 9.25. The zero-order valence-electron chi connectivity index (χ0n) is 16.4. The number of thiazole rings is 1. The highest BCUT2D eigenvalue weighted by Gasteiger charge is 2.20. The summed E-state index contributed by atoms with van der Waals surface area (Å²) in [5, 5.41) is 4.65. The van der Waals surface area contributed by atoms with Gasteiger partial charge in [0, 0.05) is 31.2 Å². The number of carbonyl (C=O) groups is 1. The van der Waals surface area contributed by atoms with Crippen molar-refractivity contribution < 1.29 is 9.53 Å². The van der Waals surface area contributed by atoms with Crippen LogP contribution in [-0.4, -0.2) is 50.3 Å². The van der Waals surface area contributed by atoms with Crippen LogP contribution in [0, 0.1) is 0 Å². The minimum Gasteiger partial charge on any atom is -0.378 e. The second-order valence-electron chi connectivity index (χ2n) is 6.66. The molecule has 1 amide bonds. The molecule has 3 heterocycles. The number of rotatable bonds is 6. The third kappa shape index (κ3) is 4.35. The SMILES string of the molecule is CCN(CC)c1nc2sc(C(=O)Nc3cc(Cl)ccc3N3CCOCC3)cc2s1. The van der Waals surface area contributed by atoms with Crippen molar-refractivity contribution in [3.8, 4) is 0 Å². The maximum atomic E-state index is 12.9. The van der Waals surface area contributed by atoms with Crippen molar-refractivity contribution in [3.63, 3.8) is 0 Å². The highest BCUT2D eigenvalue weighted by Crippen LogP contribution is 2.36. The molecular formula is C20H23ClN4O2S2. The van der Waals surface area contributed by atoms with E-state index in [1.807, 2.05) is 18.2 Å². The molecule has 1 aromatic carbocycles. The van der Waals surface area contributed by atoms with E-state index in [1.165, 1.54) is 11.3 Å². The van der Waals surface area contributed by atoms with Crippen LogP contribution in [0.3, 0.4) is 0 Å². The van der Waals surface area contributed by atoms with Crippen LogP contribution in [0.1, 0.15) is 23.5 Å². The summed E-state index contributed by atoms with van der Waals surface area (Å²) in [6.45, 7) is 9.02. The first kappa shape index (κ1) is 20.4. The lowest BCUT2D eigenvalue weighted by Gasteiger charge is -2.30. The van der Waals surface area contributed by atoms with Gasteiger partial charge in [0.15, 0.2) is 5.13 Å². The molecule has 0 bridgehead atoms. The Kier molecular flexibility index (Phi) is 6.24. The quantitative estimate of drug-likeness (QED) is 0.576. The first-order valence-electron chi connectivity index (χ1n) is 9.68. The van der Waals surface area contributed by atoms with Gasteiger partial charge in [-0.1, -0.05) is 22.9 Å². The van der Waals surface area contributed by atoms with Crippen LogP contribution in [0.2, 0.25) is 5.02 Å². The number of morpholine rings is 1. The molecule has 2 aromatic heterocycles. The van der Waals surface area contributed by atoms with Crippen LogP contribution in [0.15, 0.2) is 24.3 Å². The summed E-state index contributed by atoms with van der Waals surface area (Å²) in [5.41, 5.74) is 1.68. The molecule has 1 saturated heterocycles. The summed E-state index contributed by atoms with van der Waals surface area (Å²) < 4.78 is 6.48. The second kappa shape index (κ2) is 8.87. The molecule has 1 aliphatic heterocycles. The summed E-state index contributed by atoms with van der Waals surface area (Å²) in [6.07, 6.45) is 0. The van der Waals surface area contributed by atoms with Gasteiger partial charge in [0.2, 0.25) is 0 Å². The van der Waals surface area contributed by atoms with Crippen LogP contribution in [-0.2, 0) is 4.74 Å². The lowest BCUT2D eigenvalue weighted by Crippen LogP contribution is -2.36. The zero-order valence-corrected chi connectivity index (χ0v) is 18.8. The molecule has 1 aliphatic rings. The van der Waals surface area contributed by atoms with Crippen LogP contribution >= 0.6 is 34.3 Å². The van der Waals surface area contributed by atoms with E-state index in [4.69, 9.17) is 21.3 Å². The Morgan fingerprint density at radius 3 is 2.69 bits per heavy atom. The highest BCUT2D eigenvalue weighted by atomic mass is 35.5. The predicted molar refractivity (Wildman–Crippen MR) is 123 cm³/mol. The maximum Gasteiger partial charge on any atom is 0.265 e. The van der Waals surface area contributed by atoms with E-state index in [9.17, 15) is 4.79 Å². The van der Waals surface area contributed by atoms with E-state index in [0.29, 0.717) is 23.1 Å². The Labute approximate surface area is 183 Å². The van der Waals surface area contributed by atoms with Crippen molar-refractivity contribution in [1.82, 2.24) is 4.98 Å². The van der Waals surface area contributed by atoms with Gasteiger partial charge >= 0.3 is 0 Å². The average Bonchev–Trinajstić information content (AvgIpc) is 3.29. The van der Waals surface area contributed by atoms with Gasteiger partial charge in [0.25, 0.3) is 5.91 Å². The minimum absolute atomic E-state index is 0.138. The van der Waals surface area contributed by atoms with Gasteiger partial charge in [-0.25, -0.2) is 4.98 Å². The van der Waals surface area contributed by atoms with Gasteiger partial charge in [0.1, 0.15) is 4.83 Å². The van der Waals surface area contributed by atoms with Gasteiger partial charge in [-0.2, -0.15) is 0 Å². The number of anilines is 3. The van der Waals surface area contributed by atoms with E-state index in [-0.39, 0.29) is 5.91 Å². The van der Waals surface area contributed by atoms with Gasteiger partial charge in [0.05, 0.1) is 34.2 Å². The van der Waals surface area contributed by atoms with Crippen LogP contribution < -0.4 is 15.1 Å². The number of hydrogen-bond acceptors (Lipinski definition) is 7. The Balaban J connectivity index is 1.56. The van der Waals surface area contributed by atoms with E-state index in [0.717, 1.165) is 52.2 Å². The summed E-state index contributed by atoms with van der Waals surface area (Å²) in [6, 6.07) is 7.53. The molecule has 6 nitrogen and oxygen atoms in total. The second-order valence-corrected chi connectivity index (χ2v) is 9.14. The number of aromatic nitrogens is 1. The minimum atomic E-state index is -0.138. The van der Waals surface area contributed by atoms with Crippen LogP contribution in [0.25, 0.3) is 9.53 Å². The molecule has 0 radical (unpaired) electrons. The first-order chi connectivity index (χ1) is 14.1. The summed E-state index contributed by atoms with van der Waals surface area (Å²) in [7, 11) is 0. The molecule has 0 aliphatic carbocycles. The Hall–Kier alpha value is -1.87. The van der Waals surface area contributed by atoms with Crippen LogP contribution in [0.5, 0.6) is 0 Å². The molecule has 154 valence electrons. The first-order valence-corrected chi connectivity index (χ1v) is 11.7. The lowest BCUT2D eigenvalue weighted by molar-refractivity contribution is 0.103. The van der Waals surface area contributed by atoms with Crippen molar-refractivity contribution in [2.75, 3.05) is 54.5 Å². The van der Waals surface area contributed by atoms with E-state index in [1.54, 1.807) is 17.4 Å². The number of nitrogens with one attached hydrogen (secondary N) is 1. The number of nitrogens with zero attached hydrogens (tertiary/aromatic N) is 3. The van der Waals surface area contributed by atoms with Gasteiger partial charge < -0.3 is 19.9 Å². The number of carbonyl (C=O) groups excluding carboxylic acids is 1. The predicted octanol–water partition coefficient (Wildman–Crippen LogP) is 4.95. The van der Waals surface area contributed by atoms with Crippen molar-refractivity contribution in [2.24, 2.45) is 0 Å². The number of ether oxygens (including phenoxy) is 1. The number of amides is 1. The fourth-order valence-electron chi connectivity index (χ4n) is 3.34. The third-order valence-corrected chi connectivity index (χ3v) is 7.35. The normalized spacial score (nSPS) is 14.4. The molecule has 0 saturated carbocycles. The van der Waals surface area contributed by atoms with E-state index >= 15 is 0 Å². The van der Waals surface area contributed by atoms with Gasteiger partial charge in [-0.3, -0.25) is 4.79 Å². The molecule has 1 fully saturated rings. The van der Waals surface area contributed by atoms with Gasteiger partial charge in [-0.15, -0.1) is 11.3 Å². The monoisotopic (exact) mass is 450 g/mol. The number of benzene rings is 1. The molecule has 29 heavy (non-hydrogen) atoms. The van der Waals surface area contributed by atoms with Crippen molar-refractivity contribution in [3.05, 3.63) is 34.2 Å². The number of halogens is 1. The summed E-state index contributed by atoms with van der Waals surface area (Å²) in [5.74, 6) is -0.138. The summed E-state index contributed by atoms with van der Waals surface area (Å²) in [4.78, 5) is 23.6. The number of hydrogen-bond donors (Lipinski definition) is 1. The standard InChI is InChI=1S/C20H23ClN4O2S2/c1-3-24(4-2)20-23-19-17(29-20)12-16(28-19)18(26)22-14-11-13(21)5-6-15(14)25-7-9-27-10-8-25/h5-6,11-12H,3-4,7-10H2,1-2H3,(H,22,26). The molecule has 4 rings (SSSR count). The van der Waals surface area contributed by atoms with E-state index < -0.39 is 0 Å². The fraction of sp³-hybridized carbons (Fsp3) is 0.400. The smallest absolute Gasteiger partial charge is 0.265 e. The Bertz CT molecular complexity index is 978.